The minimum Gasteiger partial charge on any atom is -0.491 e. The van der Waals surface area contributed by atoms with Gasteiger partial charge in [0, 0.05) is 18.4 Å². The van der Waals surface area contributed by atoms with Crippen LogP contribution in [0.15, 0.2) is 30.5 Å². The first-order valence-corrected chi connectivity index (χ1v) is 10.2. The molecule has 2 aromatic rings. The zero-order valence-electron chi connectivity index (χ0n) is 17.2. The van der Waals surface area contributed by atoms with Crippen molar-refractivity contribution in [3.05, 3.63) is 47.8 Å². The lowest BCUT2D eigenvalue weighted by Gasteiger charge is -2.28. The average molecular weight is 430 g/mol. The van der Waals surface area contributed by atoms with Crippen molar-refractivity contribution >= 4 is 23.2 Å². The number of nitrogens with zero attached hydrogens (tertiary/aromatic N) is 2. The van der Waals surface area contributed by atoms with Crippen LogP contribution in [0.1, 0.15) is 42.6 Å². The molecule has 2 heterocycles. The van der Waals surface area contributed by atoms with E-state index in [9.17, 15) is 18.4 Å². The first-order valence-electron chi connectivity index (χ1n) is 10.2. The Morgan fingerprint density at radius 2 is 2.00 bits per heavy atom. The number of nitrogens with two attached hydrogens (primary N) is 1. The van der Waals surface area contributed by atoms with Gasteiger partial charge in [0.1, 0.15) is 11.7 Å². The predicted octanol–water partition coefficient (Wildman–Crippen LogP) is 3.25. The molecule has 1 aromatic heterocycles. The Balaban J connectivity index is 1.67. The van der Waals surface area contributed by atoms with Gasteiger partial charge in [-0.3, -0.25) is 14.6 Å². The summed E-state index contributed by atoms with van der Waals surface area (Å²) in [4.78, 5) is 30.3. The fourth-order valence-corrected chi connectivity index (χ4v) is 4.84. The monoisotopic (exact) mass is 430 g/mol. The van der Waals surface area contributed by atoms with Gasteiger partial charge < -0.3 is 20.7 Å². The van der Waals surface area contributed by atoms with Gasteiger partial charge in [-0.25, -0.2) is 4.39 Å². The lowest BCUT2D eigenvalue weighted by Crippen LogP contribution is -2.40. The van der Waals surface area contributed by atoms with Crippen LogP contribution in [0, 0.1) is 17.0 Å². The molecule has 2 aliphatic rings. The molecule has 1 spiro atoms. The number of carbonyl (C=O) groups is 2. The normalized spacial score (nSPS) is 19.6. The van der Waals surface area contributed by atoms with Crippen molar-refractivity contribution in [3.8, 4) is 5.75 Å². The van der Waals surface area contributed by atoms with Crippen LogP contribution in [0.5, 0.6) is 5.75 Å². The molecule has 7 nitrogen and oxygen atoms in total. The smallest absolute Gasteiger partial charge is 0.267 e. The van der Waals surface area contributed by atoms with Gasteiger partial charge in [-0.1, -0.05) is 12.8 Å². The summed E-state index contributed by atoms with van der Waals surface area (Å²) >= 11 is 0. The summed E-state index contributed by atoms with van der Waals surface area (Å²) in [5.74, 6) is -3.31. The van der Waals surface area contributed by atoms with E-state index in [1.165, 1.54) is 25.4 Å². The molecule has 1 saturated carbocycles. The second-order valence-electron chi connectivity index (χ2n) is 8.25. The molecule has 1 atom stereocenters. The molecule has 3 N–H and O–H groups in total. The van der Waals surface area contributed by atoms with E-state index in [0.717, 1.165) is 31.7 Å². The van der Waals surface area contributed by atoms with Crippen molar-refractivity contribution in [2.24, 2.45) is 11.1 Å². The standard InChI is InChI=1S/C22H24F2N4O3/c1-31-19-16(5-4-14(23)18(19)24)28-12-22(7-2-3-8-22)11-17(28)21(30)27-13-6-9-26-15(10-13)20(25)29/h4-6,9-10,17H,2-3,7-8,11-12H2,1H3,(H2,25,29)(H,26,27,30). The minimum atomic E-state index is -1.08. The Labute approximate surface area is 178 Å². The Morgan fingerprint density at radius 1 is 1.26 bits per heavy atom. The third kappa shape index (κ3) is 3.92. The van der Waals surface area contributed by atoms with Gasteiger partial charge in [-0.05, 0) is 48.9 Å². The van der Waals surface area contributed by atoms with Crippen molar-refractivity contribution in [2.75, 3.05) is 23.9 Å². The molecule has 0 bridgehead atoms. The number of amides is 2. The highest BCUT2D eigenvalue weighted by Crippen LogP contribution is 2.50. The van der Waals surface area contributed by atoms with Gasteiger partial charge in [0.05, 0.1) is 12.8 Å². The number of methoxy groups -OCH3 is 1. The van der Waals surface area contributed by atoms with Crippen LogP contribution < -0.4 is 20.7 Å². The van der Waals surface area contributed by atoms with Gasteiger partial charge >= 0.3 is 0 Å². The van der Waals surface area contributed by atoms with E-state index in [2.05, 4.69) is 10.3 Å². The van der Waals surface area contributed by atoms with Crippen LogP contribution in [-0.4, -0.2) is 36.5 Å². The third-order valence-corrected chi connectivity index (χ3v) is 6.30. The van der Waals surface area contributed by atoms with Crippen LogP contribution in [0.4, 0.5) is 20.2 Å². The molecule has 164 valence electrons. The van der Waals surface area contributed by atoms with Crippen molar-refractivity contribution in [1.82, 2.24) is 4.98 Å². The summed E-state index contributed by atoms with van der Waals surface area (Å²) in [6.07, 6.45) is 6.07. The quantitative estimate of drug-likeness (QED) is 0.759. The molecule has 1 aliphatic carbocycles. The first kappa shape index (κ1) is 21.0. The Kier molecular flexibility index (Phi) is 5.51. The van der Waals surface area contributed by atoms with E-state index in [1.807, 2.05) is 0 Å². The Morgan fingerprint density at radius 3 is 2.68 bits per heavy atom. The average Bonchev–Trinajstić information content (AvgIpc) is 3.37. The number of primary amides is 1. The maximum atomic E-state index is 14.4. The maximum Gasteiger partial charge on any atom is 0.267 e. The summed E-state index contributed by atoms with van der Waals surface area (Å²) in [6.45, 7) is 0.551. The number of rotatable bonds is 5. The number of anilines is 2. The van der Waals surface area contributed by atoms with E-state index >= 15 is 0 Å². The van der Waals surface area contributed by atoms with E-state index in [4.69, 9.17) is 10.5 Å². The Hall–Kier alpha value is -3.23. The zero-order chi connectivity index (χ0) is 22.2. The number of hydrogen-bond donors (Lipinski definition) is 2. The minimum absolute atomic E-state index is 0.0376. The van der Waals surface area contributed by atoms with Crippen LogP contribution in [-0.2, 0) is 4.79 Å². The molecule has 0 radical (unpaired) electrons. The van der Waals surface area contributed by atoms with E-state index in [-0.39, 0.29) is 22.8 Å². The fourth-order valence-electron chi connectivity index (χ4n) is 4.84. The van der Waals surface area contributed by atoms with Crippen molar-refractivity contribution in [1.29, 1.82) is 0 Å². The van der Waals surface area contributed by atoms with Gasteiger partial charge in [0.2, 0.25) is 11.7 Å². The van der Waals surface area contributed by atoms with Crippen LogP contribution in [0.25, 0.3) is 0 Å². The number of pyridine rings is 1. The molecule has 31 heavy (non-hydrogen) atoms. The van der Waals surface area contributed by atoms with Crippen LogP contribution in [0.3, 0.4) is 0 Å². The zero-order valence-corrected chi connectivity index (χ0v) is 17.2. The molecule has 1 unspecified atom stereocenters. The number of aromatic nitrogens is 1. The summed E-state index contributed by atoms with van der Waals surface area (Å²) < 4.78 is 33.3. The van der Waals surface area contributed by atoms with Crippen molar-refractivity contribution in [3.63, 3.8) is 0 Å². The molecule has 4 rings (SSSR count). The van der Waals surface area contributed by atoms with Crippen molar-refractivity contribution < 1.29 is 23.1 Å². The van der Waals surface area contributed by atoms with Gasteiger partial charge in [0.25, 0.3) is 5.91 Å². The number of carbonyl (C=O) groups excluding carboxylic acids is 2. The molecular formula is C22H24F2N4O3. The summed E-state index contributed by atoms with van der Waals surface area (Å²) in [6, 6.07) is 4.85. The number of benzene rings is 1. The maximum absolute atomic E-state index is 14.4. The first-order chi connectivity index (χ1) is 14.8. The van der Waals surface area contributed by atoms with Gasteiger partial charge in [0.15, 0.2) is 11.6 Å². The number of ether oxygens (including phenoxy) is 1. The fraction of sp³-hybridized carbons (Fsp3) is 0.409. The number of hydrogen-bond acceptors (Lipinski definition) is 5. The largest absolute Gasteiger partial charge is 0.491 e. The SMILES string of the molecule is COc1c(N2CC3(CCCC3)CC2C(=O)Nc2ccnc(C(N)=O)c2)ccc(F)c1F. The molecule has 2 amide bonds. The molecule has 9 heteroatoms. The van der Waals surface area contributed by atoms with Crippen molar-refractivity contribution in [2.45, 2.75) is 38.1 Å². The highest BCUT2D eigenvalue weighted by atomic mass is 19.2. The van der Waals surface area contributed by atoms with E-state index < -0.39 is 23.6 Å². The highest BCUT2D eigenvalue weighted by Gasteiger charge is 2.49. The third-order valence-electron chi connectivity index (χ3n) is 6.30. The second-order valence-corrected chi connectivity index (χ2v) is 8.25. The number of halogens is 2. The number of nitrogens with one attached hydrogen (secondary N) is 1. The van der Waals surface area contributed by atoms with E-state index in [1.54, 1.807) is 11.0 Å². The summed E-state index contributed by atoms with van der Waals surface area (Å²) in [5.41, 5.74) is 5.98. The molecule has 2 fully saturated rings. The molecular weight excluding hydrogens is 406 g/mol. The highest BCUT2D eigenvalue weighted by molar-refractivity contribution is 5.99. The lowest BCUT2D eigenvalue weighted by atomic mass is 9.84. The van der Waals surface area contributed by atoms with Crippen LogP contribution >= 0.6 is 0 Å². The molecule has 1 aromatic carbocycles. The predicted molar refractivity (Wildman–Crippen MR) is 111 cm³/mol. The van der Waals surface area contributed by atoms with Crippen LogP contribution in [0.2, 0.25) is 0 Å². The Bertz CT molecular complexity index is 1020. The second kappa shape index (κ2) is 8.13. The molecule has 1 aliphatic heterocycles. The lowest BCUT2D eigenvalue weighted by molar-refractivity contribution is -0.117. The van der Waals surface area contributed by atoms with Gasteiger partial charge in [-0.15, -0.1) is 0 Å². The topological polar surface area (TPSA) is 97.6 Å². The summed E-state index contributed by atoms with van der Waals surface area (Å²) in [5, 5.41) is 2.81. The summed E-state index contributed by atoms with van der Waals surface area (Å²) in [7, 11) is 1.28. The van der Waals surface area contributed by atoms with Gasteiger partial charge in [-0.2, -0.15) is 4.39 Å². The molecule has 1 saturated heterocycles. The van der Waals surface area contributed by atoms with E-state index in [0.29, 0.717) is 24.3 Å².